The van der Waals surface area contributed by atoms with Gasteiger partial charge in [0.05, 0.1) is 11.4 Å². The van der Waals surface area contributed by atoms with Gasteiger partial charge >= 0.3 is 0 Å². The highest BCUT2D eigenvalue weighted by molar-refractivity contribution is 5.91. The van der Waals surface area contributed by atoms with Crippen LogP contribution in [0.2, 0.25) is 0 Å². The van der Waals surface area contributed by atoms with E-state index in [2.05, 4.69) is 10.4 Å². The minimum absolute atomic E-state index is 0.0782. The van der Waals surface area contributed by atoms with Crippen LogP contribution >= 0.6 is 0 Å². The van der Waals surface area contributed by atoms with E-state index >= 15 is 0 Å². The molecule has 0 radical (unpaired) electrons. The summed E-state index contributed by atoms with van der Waals surface area (Å²) >= 11 is 0. The maximum atomic E-state index is 11.7. The first-order chi connectivity index (χ1) is 9.45. The lowest BCUT2D eigenvalue weighted by Crippen LogP contribution is -2.24. The van der Waals surface area contributed by atoms with Crippen LogP contribution in [0.3, 0.4) is 0 Å². The summed E-state index contributed by atoms with van der Waals surface area (Å²) in [4.78, 5) is 11.7. The largest absolute Gasteiger partial charge is 0.327 e. The third kappa shape index (κ3) is 3.45. The van der Waals surface area contributed by atoms with Crippen molar-refractivity contribution in [2.75, 3.05) is 5.32 Å². The molecule has 0 spiro atoms. The van der Waals surface area contributed by atoms with Crippen LogP contribution < -0.4 is 11.1 Å². The summed E-state index contributed by atoms with van der Waals surface area (Å²) in [7, 11) is 0. The summed E-state index contributed by atoms with van der Waals surface area (Å²) in [6.07, 6.45) is 0.310. The average molecular weight is 272 g/mol. The number of nitrogens with zero attached hydrogens (tertiary/aromatic N) is 2. The van der Waals surface area contributed by atoms with Gasteiger partial charge in [0, 0.05) is 23.8 Å². The molecule has 0 aliphatic heterocycles. The summed E-state index contributed by atoms with van der Waals surface area (Å²) in [6, 6.07) is 9.48. The molecule has 20 heavy (non-hydrogen) atoms. The third-order valence-corrected chi connectivity index (χ3v) is 2.89. The molecule has 106 valence electrons. The molecule has 1 amide bonds. The van der Waals surface area contributed by atoms with Crippen LogP contribution in [-0.2, 0) is 4.79 Å². The molecule has 5 heteroatoms. The minimum Gasteiger partial charge on any atom is -0.327 e. The normalized spacial score (nSPS) is 12.2. The molecule has 0 bridgehead atoms. The Bertz CT molecular complexity index is 616. The average Bonchev–Trinajstić information content (AvgIpc) is 2.67. The summed E-state index contributed by atoms with van der Waals surface area (Å²) in [5, 5.41) is 7.28. The van der Waals surface area contributed by atoms with Gasteiger partial charge in [0.2, 0.25) is 5.91 Å². The van der Waals surface area contributed by atoms with Crippen LogP contribution in [0.1, 0.15) is 24.7 Å². The maximum absolute atomic E-state index is 11.7. The zero-order valence-corrected chi connectivity index (χ0v) is 12.1. The molecule has 1 aromatic carbocycles. The number of nitrogens with one attached hydrogen (secondary N) is 1. The second kappa shape index (κ2) is 5.88. The molecule has 0 saturated carbocycles. The Labute approximate surface area is 118 Å². The van der Waals surface area contributed by atoms with Gasteiger partial charge in [0.15, 0.2) is 0 Å². The first-order valence-corrected chi connectivity index (χ1v) is 6.65. The molecule has 1 unspecified atom stereocenters. The Hall–Kier alpha value is -2.14. The van der Waals surface area contributed by atoms with Gasteiger partial charge < -0.3 is 11.1 Å². The molecule has 3 N–H and O–H groups in total. The van der Waals surface area contributed by atoms with Gasteiger partial charge in [-0.25, -0.2) is 4.68 Å². The fourth-order valence-electron chi connectivity index (χ4n) is 2.11. The van der Waals surface area contributed by atoms with Crippen LogP contribution in [0.4, 0.5) is 5.69 Å². The zero-order valence-electron chi connectivity index (χ0n) is 12.1. The summed E-state index contributed by atoms with van der Waals surface area (Å²) in [5.74, 6) is -0.0782. The predicted octanol–water partition coefficient (Wildman–Crippen LogP) is 2.16. The van der Waals surface area contributed by atoms with Crippen LogP contribution in [0, 0.1) is 13.8 Å². The van der Waals surface area contributed by atoms with E-state index in [1.165, 1.54) is 0 Å². The van der Waals surface area contributed by atoms with Crippen molar-refractivity contribution in [3.63, 3.8) is 0 Å². The Morgan fingerprint density at radius 2 is 2.15 bits per heavy atom. The van der Waals surface area contributed by atoms with Crippen molar-refractivity contribution >= 4 is 11.6 Å². The number of hydrogen-bond acceptors (Lipinski definition) is 3. The molecule has 0 saturated heterocycles. The predicted molar refractivity (Wildman–Crippen MR) is 79.9 cm³/mol. The van der Waals surface area contributed by atoms with Gasteiger partial charge in [0.1, 0.15) is 0 Å². The van der Waals surface area contributed by atoms with Crippen LogP contribution in [-0.4, -0.2) is 21.7 Å². The molecule has 1 heterocycles. The smallest absolute Gasteiger partial charge is 0.225 e. The summed E-state index contributed by atoms with van der Waals surface area (Å²) < 4.78 is 1.86. The highest BCUT2D eigenvalue weighted by atomic mass is 16.1. The Morgan fingerprint density at radius 1 is 1.40 bits per heavy atom. The Kier molecular flexibility index (Phi) is 4.20. The monoisotopic (exact) mass is 272 g/mol. The van der Waals surface area contributed by atoms with Gasteiger partial charge in [-0.2, -0.15) is 5.10 Å². The highest BCUT2D eigenvalue weighted by Crippen LogP contribution is 2.17. The fraction of sp³-hybridized carbons (Fsp3) is 0.333. The van der Waals surface area contributed by atoms with Crippen molar-refractivity contribution in [2.24, 2.45) is 5.73 Å². The number of anilines is 1. The number of aryl methyl sites for hydroxylation is 2. The van der Waals surface area contributed by atoms with Crippen molar-refractivity contribution in [1.29, 1.82) is 0 Å². The lowest BCUT2D eigenvalue weighted by molar-refractivity contribution is -0.116. The van der Waals surface area contributed by atoms with Crippen LogP contribution in [0.5, 0.6) is 0 Å². The number of benzene rings is 1. The number of amides is 1. The van der Waals surface area contributed by atoms with Gasteiger partial charge in [0.25, 0.3) is 0 Å². The van der Waals surface area contributed by atoms with E-state index in [9.17, 15) is 4.79 Å². The van der Waals surface area contributed by atoms with Crippen molar-refractivity contribution in [3.8, 4) is 5.69 Å². The molecule has 0 aliphatic carbocycles. The number of rotatable bonds is 4. The second-order valence-corrected chi connectivity index (χ2v) is 5.12. The second-order valence-electron chi connectivity index (χ2n) is 5.12. The number of aromatic nitrogens is 2. The standard InChI is InChI=1S/C15H20N4O/c1-10(16)7-15(20)17-13-5-4-6-14(9-13)19-12(3)8-11(2)18-19/h4-6,8-10H,7,16H2,1-3H3,(H,17,20). The maximum Gasteiger partial charge on any atom is 0.225 e. The number of carbonyl (C=O) groups is 1. The SMILES string of the molecule is Cc1cc(C)n(-c2cccc(NC(=O)CC(C)N)c2)n1. The minimum atomic E-state index is -0.144. The fourth-order valence-corrected chi connectivity index (χ4v) is 2.11. The van der Waals surface area contributed by atoms with Crippen LogP contribution in [0.15, 0.2) is 30.3 Å². The number of carbonyl (C=O) groups excluding carboxylic acids is 1. The van der Waals surface area contributed by atoms with E-state index in [-0.39, 0.29) is 11.9 Å². The molecule has 1 atom stereocenters. The topological polar surface area (TPSA) is 72.9 Å². The molecule has 2 rings (SSSR count). The van der Waals surface area contributed by atoms with E-state index in [4.69, 9.17) is 5.73 Å². The van der Waals surface area contributed by atoms with Gasteiger partial charge in [-0.1, -0.05) is 6.07 Å². The molecule has 2 aromatic rings. The van der Waals surface area contributed by atoms with Gasteiger partial charge in [-0.3, -0.25) is 4.79 Å². The molecule has 1 aromatic heterocycles. The highest BCUT2D eigenvalue weighted by Gasteiger charge is 2.08. The van der Waals surface area contributed by atoms with Crippen molar-refractivity contribution in [1.82, 2.24) is 9.78 Å². The van der Waals surface area contributed by atoms with E-state index in [1.54, 1.807) is 0 Å². The van der Waals surface area contributed by atoms with Gasteiger partial charge in [-0.05, 0) is 45.0 Å². The van der Waals surface area contributed by atoms with E-state index in [1.807, 2.05) is 55.8 Å². The Morgan fingerprint density at radius 3 is 2.75 bits per heavy atom. The van der Waals surface area contributed by atoms with Gasteiger partial charge in [-0.15, -0.1) is 0 Å². The van der Waals surface area contributed by atoms with Crippen LogP contribution in [0.25, 0.3) is 5.69 Å². The molecule has 0 fully saturated rings. The first-order valence-electron chi connectivity index (χ1n) is 6.65. The van der Waals surface area contributed by atoms with E-state index in [0.717, 1.165) is 22.8 Å². The van der Waals surface area contributed by atoms with Crippen molar-refractivity contribution in [2.45, 2.75) is 33.2 Å². The van der Waals surface area contributed by atoms with Crippen molar-refractivity contribution in [3.05, 3.63) is 41.7 Å². The summed E-state index contributed by atoms with van der Waals surface area (Å²) in [6.45, 7) is 5.77. The van der Waals surface area contributed by atoms with E-state index in [0.29, 0.717) is 6.42 Å². The molecule has 5 nitrogen and oxygen atoms in total. The third-order valence-electron chi connectivity index (χ3n) is 2.89. The van der Waals surface area contributed by atoms with Crippen molar-refractivity contribution < 1.29 is 4.79 Å². The zero-order chi connectivity index (χ0) is 14.7. The molecule has 0 aliphatic rings. The quantitative estimate of drug-likeness (QED) is 0.895. The Balaban J connectivity index is 2.20. The molecular weight excluding hydrogens is 252 g/mol. The number of hydrogen-bond donors (Lipinski definition) is 2. The lowest BCUT2D eigenvalue weighted by atomic mass is 10.2. The lowest BCUT2D eigenvalue weighted by Gasteiger charge is -2.10. The van der Waals surface area contributed by atoms with E-state index < -0.39 is 0 Å². The molecular formula is C15H20N4O. The summed E-state index contributed by atoms with van der Waals surface area (Å²) in [5.41, 5.74) is 9.32. The first kappa shape index (κ1) is 14.3. The number of nitrogens with two attached hydrogens (primary N) is 1.